The van der Waals surface area contributed by atoms with Gasteiger partial charge in [-0.05, 0) is 11.4 Å². The molecule has 0 unspecified atom stereocenters. The smallest absolute Gasteiger partial charge is 0.307 e. The molecule has 6 heteroatoms. The summed E-state index contributed by atoms with van der Waals surface area (Å²) in [7, 11) is 2.49. The fourth-order valence-electron chi connectivity index (χ4n) is 1.56. The van der Waals surface area contributed by atoms with Gasteiger partial charge in [-0.3, -0.25) is 9.59 Å². The third-order valence-corrected chi connectivity index (χ3v) is 3.63. The monoisotopic (exact) mass is 267 g/mol. The van der Waals surface area contributed by atoms with Gasteiger partial charge in [0.2, 0.25) is 0 Å². The number of thiophene rings is 1. The largest absolute Gasteiger partial charge is 0.469 e. The minimum Gasteiger partial charge on any atom is -0.469 e. The highest BCUT2D eigenvalue weighted by Gasteiger charge is 2.39. The highest BCUT2D eigenvalue weighted by molar-refractivity contribution is 7.10. The van der Waals surface area contributed by atoms with Gasteiger partial charge in [-0.25, -0.2) is 0 Å². The molecule has 1 rings (SSSR count). The van der Waals surface area contributed by atoms with E-state index in [1.54, 1.807) is 17.5 Å². The first-order valence-electron chi connectivity index (χ1n) is 5.17. The van der Waals surface area contributed by atoms with Crippen LogP contribution in [0.25, 0.3) is 0 Å². The van der Waals surface area contributed by atoms with Crippen LogP contribution in [-0.2, 0) is 24.5 Å². The number of nitrogens with zero attached hydrogens (tertiary/aromatic N) is 1. The Bertz CT molecular complexity index is 443. The molecule has 0 aliphatic heterocycles. The SMILES string of the molecule is COC(=O)CC(C#N)(CC(=O)OC)c1cccs1. The number of hydrogen-bond donors (Lipinski definition) is 0. The van der Waals surface area contributed by atoms with Crippen molar-refractivity contribution in [1.29, 1.82) is 5.26 Å². The van der Waals surface area contributed by atoms with Gasteiger partial charge < -0.3 is 9.47 Å². The van der Waals surface area contributed by atoms with Crippen molar-refractivity contribution in [2.24, 2.45) is 0 Å². The molecule has 0 saturated heterocycles. The number of esters is 2. The summed E-state index contributed by atoms with van der Waals surface area (Å²) < 4.78 is 9.17. The maximum atomic E-state index is 11.4. The maximum Gasteiger partial charge on any atom is 0.307 e. The molecular formula is C12H13NO4S. The lowest BCUT2D eigenvalue weighted by Crippen LogP contribution is -2.30. The molecule has 1 aromatic heterocycles. The van der Waals surface area contributed by atoms with Gasteiger partial charge in [0.1, 0.15) is 5.41 Å². The first-order chi connectivity index (χ1) is 8.57. The van der Waals surface area contributed by atoms with Crippen molar-refractivity contribution in [3.63, 3.8) is 0 Å². The summed E-state index contributed by atoms with van der Waals surface area (Å²) in [5.74, 6) is -1.07. The van der Waals surface area contributed by atoms with E-state index in [9.17, 15) is 14.9 Å². The average Bonchev–Trinajstić information content (AvgIpc) is 2.91. The van der Waals surface area contributed by atoms with Crippen molar-refractivity contribution in [1.82, 2.24) is 0 Å². The molecule has 0 saturated carbocycles. The van der Waals surface area contributed by atoms with E-state index >= 15 is 0 Å². The van der Waals surface area contributed by atoms with Crippen LogP contribution in [0.15, 0.2) is 17.5 Å². The molecular weight excluding hydrogens is 254 g/mol. The predicted molar refractivity (Wildman–Crippen MR) is 64.9 cm³/mol. The van der Waals surface area contributed by atoms with E-state index in [0.717, 1.165) is 0 Å². The zero-order chi connectivity index (χ0) is 13.6. The van der Waals surface area contributed by atoms with Crippen LogP contribution >= 0.6 is 11.3 Å². The van der Waals surface area contributed by atoms with E-state index < -0.39 is 17.4 Å². The molecule has 0 bridgehead atoms. The summed E-state index contributed by atoms with van der Waals surface area (Å²) in [4.78, 5) is 23.5. The minimum atomic E-state index is -1.21. The van der Waals surface area contributed by atoms with Crippen LogP contribution in [0.1, 0.15) is 17.7 Å². The number of nitriles is 1. The molecule has 0 spiro atoms. The van der Waals surface area contributed by atoms with Gasteiger partial charge in [-0.15, -0.1) is 11.3 Å². The fourth-order valence-corrected chi connectivity index (χ4v) is 2.44. The summed E-state index contributed by atoms with van der Waals surface area (Å²) >= 11 is 1.32. The van der Waals surface area contributed by atoms with E-state index in [1.807, 2.05) is 0 Å². The van der Waals surface area contributed by atoms with Crippen LogP contribution in [0.4, 0.5) is 0 Å². The summed E-state index contributed by atoms with van der Waals surface area (Å²) in [6.07, 6.45) is -0.342. The third kappa shape index (κ3) is 3.08. The van der Waals surface area contributed by atoms with Gasteiger partial charge in [0, 0.05) is 4.88 Å². The normalized spacial score (nSPS) is 10.5. The average molecular weight is 267 g/mol. The molecule has 96 valence electrons. The van der Waals surface area contributed by atoms with Crippen molar-refractivity contribution in [2.75, 3.05) is 14.2 Å². The molecule has 0 aliphatic carbocycles. The van der Waals surface area contributed by atoms with Gasteiger partial charge in [0.05, 0.1) is 33.1 Å². The second-order valence-electron chi connectivity index (χ2n) is 3.68. The number of carbonyl (C=O) groups is 2. The van der Waals surface area contributed by atoms with Gasteiger partial charge in [0.15, 0.2) is 0 Å². The third-order valence-electron chi connectivity index (χ3n) is 2.55. The Hall–Kier alpha value is -1.87. The Morgan fingerprint density at radius 2 is 1.89 bits per heavy atom. The van der Waals surface area contributed by atoms with Gasteiger partial charge in [-0.1, -0.05) is 6.07 Å². The van der Waals surface area contributed by atoms with Crippen LogP contribution in [-0.4, -0.2) is 26.2 Å². The zero-order valence-corrected chi connectivity index (χ0v) is 11.0. The molecule has 0 N–H and O–H groups in total. The molecule has 0 radical (unpaired) electrons. The number of rotatable bonds is 5. The number of hydrogen-bond acceptors (Lipinski definition) is 6. The van der Waals surface area contributed by atoms with Crippen LogP contribution in [0, 0.1) is 11.3 Å². The molecule has 0 amide bonds. The van der Waals surface area contributed by atoms with Crippen LogP contribution in [0.3, 0.4) is 0 Å². The minimum absolute atomic E-state index is 0.171. The van der Waals surface area contributed by atoms with Crippen molar-refractivity contribution >= 4 is 23.3 Å². The molecule has 0 aliphatic rings. The van der Waals surface area contributed by atoms with E-state index in [1.165, 1.54) is 25.6 Å². The molecule has 0 atom stereocenters. The second-order valence-corrected chi connectivity index (χ2v) is 4.62. The lowest BCUT2D eigenvalue weighted by atomic mass is 9.81. The van der Waals surface area contributed by atoms with E-state index in [2.05, 4.69) is 15.5 Å². The topological polar surface area (TPSA) is 76.4 Å². The zero-order valence-electron chi connectivity index (χ0n) is 10.1. The number of methoxy groups -OCH3 is 2. The summed E-state index contributed by atoms with van der Waals surface area (Å²) in [5, 5.41) is 11.2. The lowest BCUT2D eigenvalue weighted by Gasteiger charge is -2.22. The quantitative estimate of drug-likeness (QED) is 0.758. The Morgan fingerprint density at radius 1 is 1.33 bits per heavy atom. The Balaban J connectivity index is 3.09. The Kier molecular flexibility index (Phi) is 4.86. The Labute approximate surface area is 109 Å². The molecule has 1 heterocycles. The predicted octanol–water partition coefficient (Wildman–Crippen LogP) is 1.64. The fraction of sp³-hybridized carbons (Fsp3) is 0.417. The molecule has 5 nitrogen and oxygen atoms in total. The van der Waals surface area contributed by atoms with Crippen molar-refractivity contribution in [2.45, 2.75) is 18.3 Å². The number of carbonyl (C=O) groups excluding carboxylic acids is 2. The van der Waals surface area contributed by atoms with Gasteiger partial charge >= 0.3 is 11.9 Å². The van der Waals surface area contributed by atoms with Crippen molar-refractivity contribution in [3.8, 4) is 6.07 Å². The van der Waals surface area contributed by atoms with Crippen molar-refractivity contribution < 1.29 is 19.1 Å². The summed E-state index contributed by atoms with van der Waals surface area (Å²) in [6.45, 7) is 0. The maximum absolute atomic E-state index is 11.4. The van der Waals surface area contributed by atoms with Gasteiger partial charge in [-0.2, -0.15) is 5.26 Å². The molecule has 18 heavy (non-hydrogen) atoms. The highest BCUT2D eigenvalue weighted by Crippen LogP contribution is 2.35. The van der Waals surface area contributed by atoms with Crippen LogP contribution in [0.5, 0.6) is 0 Å². The lowest BCUT2D eigenvalue weighted by molar-refractivity contribution is -0.144. The summed E-state index contributed by atoms with van der Waals surface area (Å²) in [6, 6.07) is 5.54. The van der Waals surface area contributed by atoms with E-state index in [-0.39, 0.29) is 12.8 Å². The molecule has 1 aromatic rings. The van der Waals surface area contributed by atoms with Gasteiger partial charge in [0.25, 0.3) is 0 Å². The first kappa shape index (κ1) is 14.2. The summed E-state index contributed by atoms with van der Waals surface area (Å²) in [5.41, 5.74) is -1.21. The van der Waals surface area contributed by atoms with Crippen LogP contribution in [0.2, 0.25) is 0 Å². The first-order valence-corrected chi connectivity index (χ1v) is 6.05. The number of ether oxygens (including phenoxy) is 2. The standard InChI is InChI=1S/C12H13NO4S/c1-16-10(14)6-12(8-13,7-11(15)17-2)9-4-3-5-18-9/h3-5H,6-7H2,1-2H3. The van der Waals surface area contributed by atoms with Crippen molar-refractivity contribution in [3.05, 3.63) is 22.4 Å². The molecule has 0 fully saturated rings. The van der Waals surface area contributed by atoms with E-state index in [0.29, 0.717) is 4.88 Å². The highest BCUT2D eigenvalue weighted by atomic mass is 32.1. The second kappa shape index (κ2) is 6.17. The molecule has 0 aromatic carbocycles. The van der Waals surface area contributed by atoms with Crippen LogP contribution < -0.4 is 0 Å². The van der Waals surface area contributed by atoms with E-state index in [4.69, 9.17) is 0 Å². The Morgan fingerprint density at radius 3 is 2.22 bits per heavy atom.